The van der Waals surface area contributed by atoms with Crippen molar-refractivity contribution in [2.45, 2.75) is 89.3 Å². The van der Waals surface area contributed by atoms with Crippen molar-refractivity contribution in [3.05, 3.63) is 70.8 Å². The van der Waals surface area contributed by atoms with Gasteiger partial charge in [0.05, 0.1) is 0 Å². The molecule has 0 heterocycles. The molecule has 1 aliphatic rings. The van der Waals surface area contributed by atoms with Gasteiger partial charge in [-0.25, -0.2) is 8.78 Å². The molecule has 7 heteroatoms. The number of halogens is 2. The minimum Gasteiger partial charge on any atom is -0.356 e. The highest BCUT2D eigenvalue weighted by molar-refractivity contribution is 5.73. The van der Waals surface area contributed by atoms with Gasteiger partial charge >= 0.3 is 0 Å². The van der Waals surface area contributed by atoms with E-state index < -0.39 is 11.6 Å². The van der Waals surface area contributed by atoms with Gasteiger partial charge in [-0.3, -0.25) is 9.59 Å². The van der Waals surface area contributed by atoms with E-state index >= 15 is 0 Å². The smallest absolute Gasteiger partial charge is 0.217 e. The number of hydrogen-bond acceptors (Lipinski definition) is 3. The lowest BCUT2D eigenvalue weighted by Crippen LogP contribution is -2.49. The number of amides is 2. The Labute approximate surface area is 213 Å². The van der Waals surface area contributed by atoms with Crippen LogP contribution in [-0.4, -0.2) is 30.9 Å². The molecule has 0 aliphatic heterocycles. The Bertz CT molecular complexity index is 1020. The summed E-state index contributed by atoms with van der Waals surface area (Å²) in [6.45, 7) is 8.67. The average molecular weight is 500 g/mol. The van der Waals surface area contributed by atoms with E-state index in [-0.39, 0.29) is 28.9 Å². The molecular formula is C29H39F2N3O2. The van der Waals surface area contributed by atoms with Gasteiger partial charge in [-0.15, -0.1) is 0 Å². The Balaban J connectivity index is 1.78. The van der Waals surface area contributed by atoms with Crippen LogP contribution in [0.5, 0.6) is 0 Å². The SMILES string of the molecule is CC(=O)N[C@H](CCNC1(c2cccc(C(C)(C)C)c2)CCC(NC=O)CC1)Cc1cc(F)cc(F)c1. The van der Waals surface area contributed by atoms with E-state index in [4.69, 9.17) is 0 Å². The maximum Gasteiger partial charge on any atom is 0.217 e. The van der Waals surface area contributed by atoms with Crippen LogP contribution in [-0.2, 0) is 27.0 Å². The van der Waals surface area contributed by atoms with Gasteiger partial charge in [0.1, 0.15) is 11.6 Å². The molecular weight excluding hydrogens is 460 g/mol. The first kappa shape index (κ1) is 27.8. The number of carbonyl (C=O) groups excluding carboxylic acids is 2. The summed E-state index contributed by atoms with van der Waals surface area (Å²) in [5.41, 5.74) is 2.76. The van der Waals surface area contributed by atoms with E-state index in [1.807, 2.05) is 0 Å². The second-order valence-electron chi connectivity index (χ2n) is 11.1. The molecule has 5 nitrogen and oxygen atoms in total. The third kappa shape index (κ3) is 7.60. The van der Waals surface area contributed by atoms with Crippen LogP contribution in [0.2, 0.25) is 0 Å². The number of benzene rings is 2. The highest BCUT2D eigenvalue weighted by atomic mass is 19.1. The zero-order valence-electron chi connectivity index (χ0n) is 21.8. The molecule has 0 aromatic heterocycles. The van der Waals surface area contributed by atoms with Gasteiger partial charge in [0, 0.05) is 30.6 Å². The van der Waals surface area contributed by atoms with E-state index in [9.17, 15) is 18.4 Å². The van der Waals surface area contributed by atoms with Gasteiger partial charge in [-0.1, -0.05) is 45.0 Å². The third-order valence-electron chi connectivity index (χ3n) is 7.19. The molecule has 0 radical (unpaired) electrons. The Hall–Kier alpha value is -2.80. The molecule has 1 saturated carbocycles. The lowest BCUT2D eigenvalue weighted by Gasteiger charge is -2.42. The highest BCUT2D eigenvalue weighted by Gasteiger charge is 2.37. The molecule has 36 heavy (non-hydrogen) atoms. The second kappa shape index (κ2) is 12.0. The normalized spacial score (nSPS) is 21.0. The van der Waals surface area contributed by atoms with Gasteiger partial charge < -0.3 is 16.0 Å². The molecule has 2 amide bonds. The number of nitrogens with one attached hydrogen (secondary N) is 3. The largest absolute Gasteiger partial charge is 0.356 e. The summed E-state index contributed by atoms with van der Waals surface area (Å²) in [5, 5.41) is 9.65. The maximum absolute atomic E-state index is 13.7. The van der Waals surface area contributed by atoms with Gasteiger partial charge in [-0.05, 0) is 79.3 Å². The molecule has 3 rings (SSSR count). The van der Waals surface area contributed by atoms with Crippen molar-refractivity contribution in [3.8, 4) is 0 Å². The van der Waals surface area contributed by atoms with Crippen molar-refractivity contribution in [1.29, 1.82) is 0 Å². The summed E-state index contributed by atoms with van der Waals surface area (Å²) < 4.78 is 27.4. The van der Waals surface area contributed by atoms with Crippen molar-refractivity contribution in [2.24, 2.45) is 0 Å². The molecule has 1 atom stereocenters. The molecule has 1 aliphatic carbocycles. The first-order chi connectivity index (χ1) is 17.0. The fraction of sp³-hybridized carbons (Fsp3) is 0.517. The van der Waals surface area contributed by atoms with E-state index in [1.54, 1.807) is 0 Å². The minimum absolute atomic E-state index is 0.0181. The summed E-state index contributed by atoms with van der Waals surface area (Å²) in [4.78, 5) is 22.8. The average Bonchev–Trinajstić information content (AvgIpc) is 2.79. The summed E-state index contributed by atoms with van der Waals surface area (Å²) in [6, 6.07) is 12.1. The number of carbonyl (C=O) groups is 2. The van der Waals surface area contributed by atoms with Crippen molar-refractivity contribution in [3.63, 3.8) is 0 Å². The number of hydrogen-bond donors (Lipinski definition) is 3. The van der Waals surface area contributed by atoms with E-state index in [1.165, 1.54) is 30.2 Å². The van der Waals surface area contributed by atoms with E-state index in [0.717, 1.165) is 38.2 Å². The molecule has 0 spiro atoms. The minimum atomic E-state index is -0.622. The summed E-state index contributed by atoms with van der Waals surface area (Å²) in [5.74, 6) is -1.42. The molecule has 0 saturated heterocycles. The van der Waals surface area contributed by atoms with Crippen LogP contribution in [0.25, 0.3) is 0 Å². The molecule has 196 valence electrons. The maximum atomic E-state index is 13.7. The van der Waals surface area contributed by atoms with E-state index in [0.29, 0.717) is 24.9 Å². The van der Waals surface area contributed by atoms with Gasteiger partial charge in [0.15, 0.2) is 0 Å². The van der Waals surface area contributed by atoms with Gasteiger partial charge in [0.25, 0.3) is 0 Å². The van der Waals surface area contributed by atoms with Crippen LogP contribution < -0.4 is 16.0 Å². The van der Waals surface area contributed by atoms with Crippen LogP contribution in [0.15, 0.2) is 42.5 Å². The van der Waals surface area contributed by atoms with Crippen LogP contribution >= 0.6 is 0 Å². The predicted octanol–water partition coefficient (Wildman–Crippen LogP) is 4.87. The standard InChI is InChI=1S/C29H39F2N3O2/c1-20(36)34-27(16-21-14-24(30)18-25(31)15-21)10-13-33-29(11-8-26(9-12-29)32-19-35)23-7-5-6-22(17-23)28(2,3)4/h5-7,14-15,17-19,26-27,33H,8-13,16H2,1-4H3,(H,32,35)(H,34,36)/t26?,27-,29?/m1/s1. The zero-order chi connectivity index (χ0) is 26.3. The zero-order valence-corrected chi connectivity index (χ0v) is 21.8. The van der Waals surface area contributed by atoms with Crippen LogP contribution in [0, 0.1) is 11.6 Å². The Morgan fingerprint density at radius 3 is 2.36 bits per heavy atom. The number of rotatable bonds is 10. The molecule has 3 N–H and O–H groups in total. The Morgan fingerprint density at radius 2 is 1.78 bits per heavy atom. The van der Waals surface area contributed by atoms with Gasteiger partial charge in [-0.2, -0.15) is 0 Å². The Morgan fingerprint density at radius 1 is 1.11 bits per heavy atom. The van der Waals surface area contributed by atoms with Crippen LogP contribution in [0.4, 0.5) is 8.78 Å². The van der Waals surface area contributed by atoms with Crippen LogP contribution in [0.1, 0.15) is 76.5 Å². The molecule has 0 bridgehead atoms. The van der Waals surface area contributed by atoms with Crippen molar-refractivity contribution < 1.29 is 18.4 Å². The van der Waals surface area contributed by atoms with Crippen molar-refractivity contribution >= 4 is 12.3 Å². The summed E-state index contributed by atoms with van der Waals surface area (Å²) >= 11 is 0. The lowest BCUT2D eigenvalue weighted by molar-refractivity contribution is -0.119. The van der Waals surface area contributed by atoms with Crippen LogP contribution in [0.3, 0.4) is 0 Å². The second-order valence-corrected chi connectivity index (χ2v) is 11.1. The fourth-order valence-corrected chi connectivity index (χ4v) is 5.24. The topological polar surface area (TPSA) is 70.2 Å². The van der Waals surface area contributed by atoms with Gasteiger partial charge in [0.2, 0.25) is 12.3 Å². The monoisotopic (exact) mass is 499 g/mol. The first-order valence-electron chi connectivity index (χ1n) is 12.8. The quantitative estimate of drug-likeness (QED) is 0.409. The summed E-state index contributed by atoms with van der Waals surface area (Å²) in [7, 11) is 0. The fourth-order valence-electron chi connectivity index (χ4n) is 5.24. The predicted molar refractivity (Wildman–Crippen MR) is 139 cm³/mol. The lowest BCUT2D eigenvalue weighted by atomic mass is 9.73. The third-order valence-corrected chi connectivity index (χ3v) is 7.19. The summed E-state index contributed by atoms with van der Waals surface area (Å²) in [6.07, 6.45) is 5.19. The molecule has 1 fully saturated rings. The molecule has 0 unspecified atom stereocenters. The van der Waals surface area contributed by atoms with Crippen molar-refractivity contribution in [2.75, 3.05) is 6.54 Å². The first-order valence-corrected chi connectivity index (χ1v) is 12.8. The molecule has 2 aromatic carbocycles. The Kier molecular flexibility index (Phi) is 9.23. The highest BCUT2D eigenvalue weighted by Crippen LogP contribution is 2.39. The molecule has 2 aromatic rings. The van der Waals surface area contributed by atoms with E-state index in [2.05, 4.69) is 61.0 Å². The van der Waals surface area contributed by atoms with Crippen molar-refractivity contribution in [1.82, 2.24) is 16.0 Å².